The Morgan fingerprint density at radius 2 is 2.14 bits per heavy atom. The standard InChI is InChI=1S/C16H26N4O/c1-13(12-20-8-4-3-5-9-20)11-19-14-6-7-18-15(10-14)16(21)17-2/h6-7,10,13H,3-5,8-9,11-12H2,1-2H3,(H,17,21)(H,18,19). The number of carbonyl (C=O) groups is 1. The number of nitrogens with one attached hydrogen (secondary N) is 2. The lowest BCUT2D eigenvalue weighted by molar-refractivity contribution is 0.0958. The Hall–Kier alpha value is -1.62. The van der Waals surface area contributed by atoms with E-state index in [1.165, 1.54) is 32.4 Å². The van der Waals surface area contributed by atoms with Crippen LogP contribution >= 0.6 is 0 Å². The van der Waals surface area contributed by atoms with Gasteiger partial charge in [0.25, 0.3) is 5.91 Å². The van der Waals surface area contributed by atoms with Gasteiger partial charge in [0.05, 0.1) is 0 Å². The second-order valence-electron chi connectivity index (χ2n) is 5.86. The van der Waals surface area contributed by atoms with Gasteiger partial charge in [-0.05, 0) is 44.0 Å². The molecule has 1 aliphatic heterocycles. The third-order valence-corrected chi connectivity index (χ3v) is 3.89. The second kappa shape index (κ2) is 7.98. The Bertz CT molecular complexity index is 457. The highest BCUT2D eigenvalue weighted by Gasteiger charge is 2.13. The van der Waals surface area contributed by atoms with Gasteiger partial charge < -0.3 is 15.5 Å². The van der Waals surface area contributed by atoms with Crippen LogP contribution in [0.2, 0.25) is 0 Å². The highest BCUT2D eigenvalue weighted by atomic mass is 16.1. The lowest BCUT2D eigenvalue weighted by atomic mass is 10.1. The summed E-state index contributed by atoms with van der Waals surface area (Å²) in [4.78, 5) is 18.2. The molecule has 21 heavy (non-hydrogen) atoms. The van der Waals surface area contributed by atoms with Gasteiger partial charge in [-0.15, -0.1) is 0 Å². The van der Waals surface area contributed by atoms with Gasteiger partial charge in [-0.1, -0.05) is 13.3 Å². The molecule has 2 heterocycles. The van der Waals surface area contributed by atoms with Crippen LogP contribution in [0.15, 0.2) is 18.3 Å². The van der Waals surface area contributed by atoms with Crippen molar-refractivity contribution in [1.82, 2.24) is 15.2 Å². The van der Waals surface area contributed by atoms with E-state index in [-0.39, 0.29) is 5.91 Å². The van der Waals surface area contributed by atoms with Gasteiger partial charge >= 0.3 is 0 Å². The molecule has 116 valence electrons. The highest BCUT2D eigenvalue weighted by Crippen LogP contribution is 2.13. The first-order chi connectivity index (χ1) is 10.2. The Balaban J connectivity index is 1.80. The summed E-state index contributed by atoms with van der Waals surface area (Å²) in [5.41, 5.74) is 1.40. The number of anilines is 1. The van der Waals surface area contributed by atoms with Gasteiger partial charge in [0.15, 0.2) is 0 Å². The lowest BCUT2D eigenvalue weighted by Crippen LogP contribution is -2.35. The summed E-state index contributed by atoms with van der Waals surface area (Å²) in [7, 11) is 1.62. The molecule has 2 rings (SSSR count). The van der Waals surface area contributed by atoms with Crippen LogP contribution in [0.1, 0.15) is 36.7 Å². The number of amides is 1. The van der Waals surface area contributed by atoms with E-state index < -0.39 is 0 Å². The molecule has 0 saturated carbocycles. The molecular weight excluding hydrogens is 264 g/mol. The number of aromatic nitrogens is 1. The first-order valence-electron chi connectivity index (χ1n) is 7.83. The average Bonchev–Trinajstić information content (AvgIpc) is 2.53. The maximum absolute atomic E-state index is 11.6. The van der Waals surface area contributed by atoms with Crippen molar-refractivity contribution < 1.29 is 4.79 Å². The molecule has 0 radical (unpaired) electrons. The van der Waals surface area contributed by atoms with Crippen molar-refractivity contribution in [2.24, 2.45) is 5.92 Å². The van der Waals surface area contributed by atoms with Gasteiger partial charge in [-0.2, -0.15) is 0 Å². The molecule has 5 heteroatoms. The number of nitrogens with zero attached hydrogens (tertiary/aromatic N) is 2. The minimum absolute atomic E-state index is 0.153. The smallest absolute Gasteiger partial charge is 0.269 e. The first-order valence-corrected chi connectivity index (χ1v) is 7.83. The van der Waals surface area contributed by atoms with Crippen LogP contribution in [0.4, 0.5) is 5.69 Å². The van der Waals surface area contributed by atoms with Crippen molar-refractivity contribution in [3.8, 4) is 0 Å². The minimum Gasteiger partial charge on any atom is -0.385 e. The lowest BCUT2D eigenvalue weighted by Gasteiger charge is -2.29. The third-order valence-electron chi connectivity index (χ3n) is 3.89. The Morgan fingerprint density at radius 1 is 1.38 bits per heavy atom. The summed E-state index contributed by atoms with van der Waals surface area (Å²) < 4.78 is 0. The van der Waals surface area contributed by atoms with Crippen LogP contribution in [0, 0.1) is 5.92 Å². The molecule has 1 aromatic rings. The molecule has 2 N–H and O–H groups in total. The van der Waals surface area contributed by atoms with Crippen LogP contribution in [0.3, 0.4) is 0 Å². The monoisotopic (exact) mass is 290 g/mol. The number of hydrogen-bond donors (Lipinski definition) is 2. The van der Waals surface area contributed by atoms with E-state index in [1.54, 1.807) is 19.3 Å². The first kappa shape index (κ1) is 15.8. The summed E-state index contributed by atoms with van der Waals surface area (Å²) in [5.74, 6) is 0.430. The van der Waals surface area contributed by atoms with Crippen molar-refractivity contribution in [2.45, 2.75) is 26.2 Å². The zero-order chi connectivity index (χ0) is 15.1. The molecule has 0 aromatic carbocycles. The molecule has 5 nitrogen and oxygen atoms in total. The molecule has 1 atom stereocenters. The zero-order valence-electron chi connectivity index (χ0n) is 13.1. The van der Waals surface area contributed by atoms with E-state index in [0.29, 0.717) is 11.6 Å². The second-order valence-corrected chi connectivity index (χ2v) is 5.86. The molecule has 1 amide bonds. The number of pyridine rings is 1. The van der Waals surface area contributed by atoms with Gasteiger partial charge in [0.2, 0.25) is 0 Å². The van der Waals surface area contributed by atoms with Crippen molar-refractivity contribution in [2.75, 3.05) is 38.5 Å². The number of likely N-dealkylation sites (tertiary alicyclic amines) is 1. The van der Waals surface area contributed by atoms with Gasteiger partial charge in [-0.25, -0.2) is 0 Å². The van der Waals surface area contributed by atoms with Crippen LogP contribution in [-0.4, -0.2) is 49.0 Å². The largest absolute Gasteiger partial charge is 0.385 e. The van der Waals surface area contributed by atoms with Crippen LogP contribution < -0.4 is 10.6 Å². The zero-order valence-corrected chi connectivity index (χ0v) is 13.1. The fourth-order valence-electron chi connectivity index (χ4n) is 2.73. The molecule has 0 bridgehead atoms. The van der Waals surface area contributed by atoms with Crippen LogP contribution in [0.25, 0.3) is 0 Å². The van der Waals surface area contributed by atoms with E-state index in [1.807, 2.05) is 6.07 Å². The Kier molecular flexibility index (Phi) is 5.99. The van der Waals surface area contributed by atoms with Crippen molar-refractivity contribution in [3.05, 3.63) is 24.0 Å². The fraction of sp³-hybridized carbons (Fsp3) is 0.625. The molecule has 0 aliphatic carbocycles. The molecule has 1 unspecified atom stereocenters. The highest BCUT2D eigenvalue weighted by molar-refractivity contribution is 5.92. The van der Waals surface area contributed by atoms with E-state index in [9.17, 15) is 4.79 Å². The van der Waals surface area contributed by atoms with Crippen molar-refractivity contribution >= 4 is 11.6 Å². The number of carbonyl (C=O) groups excluding carboxylic acids is 1. The molecule has 1 aromatic heterocycles. The SMILES string of the molecule is CNC(=O)c1cc(NCC(C)CN2CCCCC2)ccn1. The summed E-state index contributed by atoms with van der Waals surface area (Å²) in [6, 6.07) is 3.70. The topological polar surface area (TPSA) is 57.3 Å². The fourth-order valence-corrected chi connectivity index (χ4v) is 2.73. The third kappa shape index (κ3) is 5.01. The van der Waals surface area contributed by atoms with Gasteiger partial charge in [0, 0.05) is 32.0 Å². The quantitative estimate of drug-likeness (QED) is 0.841. The molecule has 1 saturated heterocycles. The summed E-state index contributed by atoms with van der Waals surface area (Å²) in [6.45, 7) is 6.79. The minimum atomic E-state index is -0.153. The summed E-state index contributed by atoms with van der Waals surface area (Å²) in [6.07, 6.45) is 5.71. The number of rotatable bonds is 6. The van der Waals surface area contributed by atoms with Crippen molar-refractivity contribution in [3.63, 3.8) is 0 Å². The Morgan fingerprint density at radius 3 is 2.86 bits per heavy atom. The number of hydrogen-bond acceptors (Lipinski definition) is 4. The maximum Gasteiger partial charge on any atom is 0.269 e. The molecule has 0 spiro atoms. The molecule has 1 fully saturated rings. The van der Waals surface area contributed by atoms with E-state index >= 15 is 0 Å². The number of piperidine rings is 1. The van der Waals surface area contributed by atoms with Crippen molar-refractivity contribution in [1.29, 1.82) is 0 Å². The average molecular weight is 290 g/mol. The molecule has 1 aliphatic rings. The van der Waals surface area contributed by atoms with E-state index in [2.05, 4.69) is 27.4 Å². The van der Waals surface area contributed by atoms with Crippen LogP contribution in [0.5, 0.6) is 0 Å². The molecular formula is C16H26N4O. The van der Waals surface area contributed by atoms with Gasteiger partial charge in [0.1, 0.15) is 5.69 Å². The summed E-state index contributed by atoms with van der Waals surface area (Å²) in [5, 5.41) is 6.00. The van der Waals surface area contributed by atoms with E-state index in [4.69, 9.17) is 0 Å². The summed E-state index contributed by atoms with van der Waals surface area (Å²) >= 11 is 0. The normalized spacial score (nSPS) is 17.2. The van der Waals surface area contributed by atoms with Crippen LogP contribution in [-0.2, 0) is 0 Å². The van der Waals surface area contributed by atoms with E-state index in [0.717, 1.165) is 18.8 Å². The maximum atomic E-state index is 11.6. The predicted octanol–water partition coefficient (Wildman–Crippen LogP) is 1.98. The Labute approximate surface area is 127 Å². The van der Waals surface area contributed by atoms with Gasteiger partial charge in [-0.3, -0.25) is 9.78 Å². The predicted molar refractivity (Wildman–Crippen MR) is 85.6 cm³/mol.